The number of carbonyl (C=O) groups excluding carboxylic acids is 2. The first kappa shape index (κ1) is 21.0. The molecule has 9 heteroatoms. The van der Waals surface area contributed by atoms with Crippen LogP contribution in [0.2, 0.25) is 10.0 Å². The lowest BCUT2D eigenvalue weighted by atomic mass is 10.1. The number of aliphatic imine (C=N–C) groups is 1. The highest BCUT2D eigenvalue weighted by atomic mass is 35.5. The summed E-state index contributed by atoms with van der Waals surface area (Å²) in [4.78, 5) is 43.3. The Labute approximate surface area is 176 Å². The van der Waals surface area contributed by atoms with E-state index in [2.05, 4.69) is 15.3 Å². The SMILES string of the molecule is O=C1CCC(=N[C@@H](Cc2ccc(NC(=O)c3c(Cl)cncc3Cl)cc2)C(=O)O)C1. The summed E-state index contributed by atoms with van der Waals surface area (Å²) in [5.74, 6) is -1.44. The average molecular weight is 434 g/mol. The Morgan fingerprint density at radius 2 is 1.79 bits per heavy atom. The van der Waals surface area contributed by atoms with Crippen molar-refractivity contribution in [3.05, 3.63) is 57.8 Å². The van der Waals surface area contributed by atoms with Crippen LogP contribution in [0.3, 0.4) is 0 Å². The third-order valence-corrected chi connectivity index (χ3v) is 5.01. The summed E-state index contributed by atoms with van der Waals surface area (Å²) in [6.45, 7) is 0. The molecular formula is C20H17Cl2N3O4. The molecule has 7 nitrogen and oxygen atoms in total. The summed E-state index contributed by atoms with van der Waals surface area (Å²) in [6.07, 6.45) is 4.02. The normalized spacial score (nSPS) is 16.1. The van der Waals surface area contributed by atoms with E-state index in [4.69, 9.17) is 23.2 Å². The van der Waals surface area contributed by atoms with Gasteiger partial charge in [0.2, 0.25) is 0 Å². The van der Waals surface area contributed by atoms with Crippen molar-refractivity contribution in [1.29, 1.82) is 0 Å². The largest absolute Gasteiger partial charge is 0.480 e. The molecule has 1 fully saturated rings. The zero-order valence-electron chi connectivity index (χ0n) is 15.2. The van der Waals surface area contributed by atoms with Crippen LogP contribution in [-0.2, 0) is 16.0 Å². The van der Waals surface area contributed by atoms with E-state index in [1.165, 1.54) is 12.4 Å². The lowest BCUT2D eigenvalue weighted by Crippen LogP contribution is -2.22. The van der Waals surface area contributed by atoms with Crippen LogP contribution in [0.1, 0.15) is 35.2 Å². The predicted molar refractivity (Wildman–Crippen MR) is 110 cm³/mol. The number of carbonyl (C=O) groups is 3. The molecule has 0 bridgehead atoms. The Morgan fingerprint density at radius 3 is 2.34 bits per heavy atom. The van der Waals surface area contributed by atoms with Gasteiger partial charge in [-0.1, -0.05) is 35.3 Å². The number of benzene rings is 1. The first-order chi connectivity index (χ1) is 13.8. The molecule has 2 N–H and O–H groups in total. The first-order valence-corrected chi connectivity index (χ1v) is 9.58. The Balaban J connectivity index is 1.68. The van der Waals surface area contributed by atoms with Gasteiger partial charge >= 0.3 is 5.97 Å². The zero-order chi connectivity index (χ0) is 21.0. The number of pyridine rings is 1. The molecule has 150 valence electrons. The van der Waals surface area contributed by atoms with E-state index < -0.39 is 17.9 Å². The van der Waals surface area contributed by atoms with E-state index in [0.29, 0.717) is 24.2 Å². The van der Waals surface area contributed by atoms with Gasteiger partial charge in [0, 0.05) is 43.1 Å². The maximum Gasteiger partial charge on any atom is 0.328 e. The second kappa shape index (κ2) is 9.15. The van der Waals surface area contributed by atoms with Gasteiger partial charge in [0.05, 0.1) is 15.6 Å². The van der Waals surface area contributed by atoms with E-state index in [0.717, 1.165) is 5.56 Å². The molecule has 0 radical (unpaired) electrons. The molecule has 0 unspecified atom stereocenters. The van der Waals surface area contributed by atoms with Gasteiger partial charge in [-0.2, -0.15) is 0 Å². The molecule has 29 heavy (non-hydrogen) atoms. The summed E-state index contributed by atoms with van der Waals surface area (Å²) in [7, 11) is 0. The molecule has 1 heterocycles. The van der Waals surface area contributed by atoms with E-state index in [9.17, 15) is 19.5 Å². The second-order valence-corrected chi connectivity index (χ2v) is 7.41. The first-order valence-electron chi connectivity index (χ1n) is 8.83. The maximum absolute atomic E-state index is 12.4. The fourth-order valence-electron chi connectivity index (χ4n) is 2.98. The van der Waals surface area contributed by atoms with Gasteiger partial charge in [-0.3, -0.25) is 19.6 Å². The lowest BCUT2D eigenvalue weighted by Gasteiger charge is -2.11. The number of halogens is 2. The van der Waals surface area contributed by atoms with E-state index in [-0.39, 0.29) is 34.2 Å². The summed E-state index contributed by atoms with van der Waals surface area (Å²) in [5, 5.41) is 12.4. The second-order valence-electron chi connectivity index (χ2n) is 6.60. The highest BCUT2D eigenvalue weighted by Crippen LogP contribution is 2.24. The van der Waals surface area contributed by atoms with Crippen molar-refractivity contribution < 1.29 is 19.5 Å². The molecular weight excluding hydrogens is 417 g/mol. The number of carboxylic acids is 1. The number of aliphatic carboxylic acids is 1. The zero-order valence-corrected chi connectivity index (χ0v) is 16.7. The van der Waals surface area contributed by atoms with Crippen molar-refractivity contribution in [2.75, 3.05) is 5.32 Å². The van der Waals surface area contributed by atoms with E-state index in [1.807, 2.05) is 0 Å². The number of anilines is 1. The molecule has 0 spiro atoms. The molecule has 2 aromatic rings. The van der Waals surface area contributed by atoms with Gasteiger partial charge < -0.3 is 10.4 Å². The molecule has 0 saturated heterocycles. The van der Waals surface area contributed by atoms with Crippen LogP contribution in [0, 0.1) is 0 Å². The minimum absolute atomic E-state index is 0.0855. The minimum atomic E-state index is -1.05. The smallest absolute Gasteiger partial charge is 0.328 e. The molecule has 1 aromatic carbocycles. The van der Waals surface area contributed by atoms with Gasteiger partial charge in [0.1, 0.15) is 5.78 Å². The number of amides is 1. The highest BCUT2D eigenvalue weighted by Gasteiger charge is 2.22. The number of carboxylic acid groups (broad SMARTS) is 1. The Kier molecular flexibility index (Phi) is 6.61. The van der Waals surface area contributed by atoms with Gasteiger partial charge in [0.25, 0.3) is 5.91 Å². The van der Waals surface area contributed by atoms with Crippen LogP contribution in [0.4, 0.5) is 5.69 Å². The Bertz CT molecular complexity index is 969. The van der Waals surface area contributed by atoms with Crippen molar-refractivity contribution in [2.45, 2.75) is 31.7 Å². The lowest BCUT2D eigenvalue weighted by molar-refractivity contribution is -0.138. The summed E-state index contributed by atoms with van der Waals surface area (Å²) in [5.41, 5.74) is 2.00. The average Bonchev–Trinajstić information content (AvgIpc) is 3.07. The molecule has 0 aliphatic heterocycles. The summed E-state index contributed by atoms with van der Waals surface area (Å²) < 4.78 is 0. The van der Waals surface area contributed by atoms with Crippen molar-refractivity contribution >= 4 is 52.3 Å². The van der Waals surface area contributed by atoms with Crippen LogP contribution in [-0.4, -0.2) is 39.5 Å². The van der Waals surface area contributed by atoms with Crippen molar-refractivity contribution in [3.63, 3.8) is 0 Å². The third kappa shape index (κ3) is 5.40. The number of nitrogens with one attached hydrogen (secondary N) is 1. The number of hydrogen-bond donors (Lipinski definition) is 2. The van der Waals surface area contributed by atoms with Gasteiger partial charge in [0.15, 0.2) is 6.04 Å². The molecule has 1 atom stereocenters. The maximum atomic E-state index is 12.4. The third-order valence-electron chi connectivity index (χ3n) is 4.44. The van der Waals surface area contributed by atoms with Crippen LogP contribution in [0.25, 0.3) is 0 Å². The van der Waals surface area contributed by atoms with Crippen LogP contribution in [0.5, 0.6) is 0 Å². The monoisotopic (exact) mass is 433 g/mol. The number of hydrogen-bond acceptors (Lipinski definition) is 5. The number of ketones is 1. The molecule has 1 amide bonds. The van der Waals surface area contributed by atoms with Crippen molar-refractivity contribution in [3.8, 4) is 0 Å². The fourth-order valence-corrected chi connectivity index (χ4v) is 3.51. The molecule has 1 aliphatic carbocycles. The molecule has 1 saturated carbocycles. The van der Waals surface area contributed by atoms with Gasteiger partial charge in [-0.15, -0.1) is 0 Å². The predicted octanol–water partition coefficient (Wildman–Crippen LogP) is 3.83. The molecule has 3 rings (SSSR count). The molecule has 1 aliphatic rings. The minimum Gasteiger partial charge on any atom is -0.480 e. The van der Waals surface area contributed by atoms with E-state index in [1.54, 1.807) is 24.3 Å². The van der Waals surface area contributed by atoms with Crippen molar-refractivity contribution in [2.24, 2.45) is 4.99 Å². The summed E-state index contributed by atoms with van der Waals surface area (Å²) >= 11 is 12.0. The van der Waals surface area contributed by atoms with Crippen LogP contribution >= 0.6 is 23.2 Å². The number of aromatic nitrogens is 1. The van der Waals surface area contributed by atoms with Gasteiger partial charge in [-0.25, -0.2) is 4.79 Å². The van der Waals surface area contributed by atoms with Crippen LogP contribution in [0.15, 0.2) is 41.7 Å². The standard InChI is InChI=1S/C20H17Cl2N3O4/c21-15-9-23-10-16(22)18(15)19(27)25-12-3-1-11(2-4-12)7-17(20(28)29)24-13-5-6-14(26)8-13/h1-4,9-10,17H,5-8H2,(H,25,27)(H,28,29)/t17-/m0/s1. The number of rotatable bonds is 6. The van der Waals surface area contributed by atoms with E-state index >= 15 is 0 Å². The Hall–Kier alpha value is -2.77. The topological polar surface area (TPSA) is 109 Å². The van der Waals surface area contributed by atoms with Crippen LogP contribution < -0.4 is 5.32 Å². The Morgan fingerprint density at radius 1 is 1.14 bits per heavy atom. The van der Waals surface area contributed by atoms with Crippen molar-refractivity contribution in [1.82, 2.24) is 4.98 Å². The van der Waals surface area contributed by atoms with Gasteiger partial charge in [-0.05, 0) is 24.1 Å². The highest BCUT2D eigenvalue weighted by molar-refractivity contribution is 6.40. The fraction of sp³-hybridized carbons (Fsp3) is 0.250. The number of Topliss-reactive ketones (excluding diaryl/α,β-unsaturated/α-hetero) is 1. The quantitative estimate of drug-likeness (QED) is 0.719. The number of nitrogens with zero attached hydrogens (tertiary/aromatic N) is 2. The summed E-state index contributed by atoms with van der Waals surface area (Å²) in [6, 6.07) is 5.77. The molecule has 1 aromatic heterocycles.